The quantitative estimate of drug-likeness (QED) is 0.502. The Morgan fingerprint density at radius 1 is 1.18 bits per heavy atom. The van der Waals surface area contributed by atoms with Crippen LogP contribution in [-0.2, 0) is 17.8 Å². The minimum Gasteiger partial charge on any atom is -0.379 e. The van der Waals surface area contributed by atoms with Crippen molar-refractivity contribution < 1.29 is 4.74 Å². The zero-order valence-corrected chi connectivity index (χ0v) is 17.8. The Morgan fingerprint density at radius 3 is 2.54 bits per heavy atom. The van der Waals surface area contributed by atoms with Gasteiger partial charge in [0.2, 0.25) is 0 Å². The van der Waals surface area contributed by atoms with E-state index in [1.807, 2.05) is 7.05 Å². The van der Waals surface area contributed by atoms with E-state index in [-0.39, 0.29) is 0 Å². The van der Waals surface area contributed by atoms with E-state index in [0.29, 0.717) is 6.04 Å². The van der Waals surface area contributed by atoms with E-state index in [2.05, 4.69) is 63.5 Å². The molecule has 0 spiro atoms. The SMILES string of the molecule is CN=C(NCCN(C(C)C)C1CC1)NCc1ccccc1CN1CCOCC1. The van der Waals surface area contributed by atoms with E-state index < -0.39 is 0 Å². The second kappa shape index (κ2) is 10.8. The Morgan fingerprint density at radius 2 is 1.89 bits per heavy atom. The Kier molecular flexibility index (Phi) is 8.13. The number of hydrogen-bond donors (Lipinski definition) is 2. The van der Waals surface area contributed by atoms with Gasteiger partial charge in [0.05, 0.1) is 13.2 Å². The van der Waals surface area contributed by atoms with Crippen LogP contribution in [0, 0.1) is 0 Å². The molecule has 1 aliphatic heterocycles. The third-order valence-electron chi connectivity index (χ3n) is 5.63. The standard InChI is InChI=1S/C22H37N5O/c1-18(2)27(21-8-9-21)11-10-24-22(23-3)25-16-19-6-4-5-7-20(19)17-26-12-14-28-15-13-26/h4-7,18,21H,8-17H2,1-3H3,(H2,23,24,25). The van der Waals surface area contributed by atoms with Gasteiger partial charge in [-0.05, 0) is 37.8 Å². The summed E-state index contributed by atoms with van der Waals surface area (Å²) in [5, 5.41) is 6.97. The number of rotatable bonds is 9. The Bertz CT molecular complexity index is 621. The lowest BCUT2D eigenvalue weighted by molar-refractivity contribution is 0.0341. The molecular formula is C22H37N5O. The fraction of sp³-hybridized carbons (Fsp3) is 0.682. The number of ether oxygens (including phenoxy) is 1. The lowest BCUT2D eigenvalue weighted by Gasteiger charge is -2.27. The zero-order valence-electron chi connectivity index (χ0n) is 17.8. The van der Waals surface area contributed by atoms with Gasteiger partial charge < -0.3 is 15.4 Å². The largest absolute Gasteiger partial charge is 0.379 e. The normalized spacial score (nSPS) is 18.7. The van der Waals surface area contributed by atoms with E-state index in [1.165, 1.54) is 24.0 Å². The van der Waals surface area contributed by atoms with Gasteiger partial charge in [0.1, 0.15) is 0 Å². The highest BCUT2D eigenvalue weighted by atomic mass is 16.5. The van der Waals surface area contributed by atoms with E-state index in [0.717, 1.165) is 64.5 Å². The van der Waals surface area contributed by atoms with Crippen molar-refractivity contribution in [2.24, 2.45) is 4.99 Å². The van der Waals surface area contributed by atoms with Crippen LogP contribution in [0.4, 0.5) is 0 Å². The van der Waals surface area contributed by atoms with E-state index >= 15 is 0 Å². The van der Waals surface area contributed by atoms with Crippen LogP contribution < -0.4 is 10.6 Å². The minimum atomic E-state index is 0.608. The molecular weight excluding hydrogens is 350 g/mol. The van der Waals surface area contributed by atoms with Gasteiger partial charge in [0, 0.05) is 58.4 Å². The van der Waals surface area contributed by atoms with Gasteiger partial charge in [-0.25, -0.2) is 0 Å². The average molecular weight is 388 g/mol. The van der Waals surface area contributed by atoms with Gasteiger partial charge in [-0.2, -0.15) is 0 Å². The summed E-state index contributed by atoms with van der Waals surface area (Å²) in [4.78, 5) is 9.46. The van der Waals surface area contributed by atoms with E-state index in [1.54, 1.807) is 0 Å². The van der Waals surface area contributed by atoms with Crippen molar-refractivity contribution in [3.05, 3.63) is 35.4 Å². The first-order valence-corrected chi connectivity index (χ1v) is 10.7. The third kappa shape index (κ3) is 6.47. The van der Waals surface area contributed by atoms with Crippen LogP contribution >= 0.6 is 0 Å². The first kappa shape index (κ1) is 21.1. The first-order chi connectivity index (χ1) is 13.7. The second-order valence-electron chi connectivity index (χ2n) is 8.07. The highest BCUT2D eigenvalue weighted by Gasteiger charge is 2.30. The molecule has 0 aromatic heterocycles. The molecule has 3 rings (SSSR count). The third-order valence-corrected chi connectivity index (χ3v) is 5.63. The topological polar surface area (TPSA) is 52.1 Å². The minimum absolute atomic E-state index is 0.608. The van der Waals surface area contributed by atoms with Crippen molar-refractivity contribution >= 4 is 5.96 Å². The van der Waals surface area contributed by atoms with Gasteiger partial charge >= 0.3 is 0 Å². The maximum atomic E-state index is 5.47. The van der Waals surface area contributed by atoms with Gasteiger partial charge in [-0.3, -0.25) is 14.8 Å². The Labute approximate surface area is 170 Å². The number of guanidine groups is 1. The molecule has 0 atom stereocenters. The molecule has 1 aromatic rings. The van der Waals surface area contributed by atoms with Crippen LogP contribution in [0.15, 0.2) is 29.3 Å². The first-order valence-electron chi connectivity index (χ1n) is 10.7. The summed E-state index contributed by atoms with van der Waals surface area (Å²) < 4.78 is 5.47. The Hall–Kier alpha value is -1.63. The summed E-state index contributed by atoms with van der Waals surface area (Å²) in [6, 6.07) is 10.1. The number of benzene rings is 1. The summed E-state index contributed by atoms with van der Waals surface area (Å²) in [6.45, 7) is 12.0. The molecule has 6 nitrogen and oxygen atoms in total. The molecule has 1 saturated heterocycles. The molecule has 1 aromatic carbocycles. The maximum Gasteiger partial charge on any atom is 0.191 e. The summed E-state index contributed by atoms with van der Waals surface area (Å²) >= 11 is 0. The van der Waals surface area contributed by atoms with E-state index in [9.17, 15) is 0 Å². The molecule has 1 saturated carbocycles. The zero-order chi connectivity index (χ0) is 19.8. The molecule has 1 heterocycles. The monoisotopic (exact) mass is 387 g/mol. The summed E-state index contributed by atoms with van der Waals surface area (Å²) in [6.07, 6.45) is 2.70. The van der Waals surface area contributed by atoms with Crippen molar-refractivity contribution in [2.45, 2.75) is 51.9 Å². The van der Waals surface area contributed by atoms with Crippen LogP contribution in [0.2, 0.25) is 0 Å². The summed E-state index contributed by atoms with van der Waals surface area (Å²) in [5.74, 6) is 0.876. The molecule has 156 valence electrons. The van der Waals surface area contributed by atoms with Crippen LogP contribution in [0.25, 0.3) is 0 Å². The van der Waals surface area contributed by atoms with Crippen molar-refractivity contribution in [1.82, 2.24) is 20.4 Å². The molecule has 2 N–H and O–H groups in total. The summed E-state index contributed by atoms with van der Waals surface area (Å²) in [5.41, 5.74) is 2.71. The molecule has 0 radical (unpaired) electrons. The van der Waals surface area contributed by atoms with Gasteiger partial charge in [-0.15, -0.1) is 0 Å². The second-order valence-corrected chi connectivity index (χ2v) is 8.07. The Balaban J connectivity index is 1.46. The smallest absolute Gasteiger partial charge is 0.191 e. The number of nitrogens with zero attached hydrogens (tertiary/aromatic N) is 3. The van der Waals surface area contributed by atoms with Crippen molar-refractivity contribution in [1.29, 1.82) is 0 Å². The van der Waals surface area contributed by atoms with Crippen molar-refractivity contribution in [3.63, 3.8) is 0 Å². The number of aliphatic imine (C=N–C) groups is 1. The van der Waals surface area contributed by atoms with Crippen molar-refractivity contribution in [2.75, 3.05) is 46.4 Å². The van der Waals surface area contributed by atoms with Crippen LogP contribution in [0.3, 0.4) is 0 Å². The number of hydrogen-bond acceptors (Lipinski definition) is 4. The average Bonchev–Trinajstić information content (AvgIpc) is 3.54. The molecule has 28 heavy (non-hydrogen) atoms. The fourth-order valence-electron chi connectivity index (χ4n) is 3.86. The van der Waals surface area contributed by atoms with E-state index in [4.69, 9.17) is 4.74 Å². The van der Waals surface area contributed by atoms with Gasteiger partial charge in [0.15, 0.2) is 5.96 Å². The molecule has 6 heteroatoms. The van der Waals surface area contributed by atoms with Crippen molar-refractivity contribution in [3.8, 4) is 0 Å². The highest BCUT2D eigenvalue weighted by molar-refractivity contribution is 5.79. The molecule has 0 amide bonds. The molecule has 2 aliphatic rings. The predicted octanol–water partition coefficient (Wildman–Crippen LogP) is 2.06. The van der Waals surface area contributed by atoms with Gasteiger partial charge in [-0.1, -0.05) is 24.3 Å². The van der Waals surface area contributed by atoms with Crippen LogP contribution in [-0.4, -0.2) is 74.3 Å². The van der Waals surface area contributed by atoms with Crippen LogP contribution in [0.5, 0.6) is 0 Å². The number of nitrogens with one attached hydrogen (secondary N) is 2. The number of morpholine rings is 1. The summed E-state index contributed by atoms with van der Waals surface area (Å²) in [7, 11) is 1.84. The molecule has 2 fully saturated rings. The lowest BCUT2D eigenvalue weighted by atomic mass is 10.1. The molecule has 1 aliphatic carbocycles. The lowest BCUT2D eigenvalue weighted by Crippen LogP contribution is -2.43. The fourth-order valence-corrected chi connectivity index (χ4v) is 3.86. The highest BCUT2D eigenvalue weighted by Crippen LogP contribution is 2.27. The van der Waals surface area contributed by atoms with Gasteiger partial charge in [0.25, 0.3) is 0 Å². The predicted molar refractivity (Wildman–Crippen MR) is 116 cm³/mol. The molecule has 0 unspecified atom stereocenters. The van der Waals surface area contributed by atoms with Crippen LogP contribution in [0.1, 0.15) is 37.8 Å². The maximum absolute atomic E-state index is 5.47. The molecule has 0 bridgehead atoms.